The molecule has 6 heteroatoms. The number of aryl methyl sites for hydroxylation is 1. The fourth-order valence-electron chi connectivity index (χ4n) is 2.36. The van der Waals surface area contributed by atoms with Gasteiger partial charge in [-0.2, -0.15) is 5.10 Å². The minimum atomic E-state index is 0.490. The number of ether oxygens (including phenoxy) is 1. The lowest BCUT2D eigenvalue weighted by Gasteiger charge is -2.12. The Morgan fingerprint density at radius 2 is 2.20 bits per heavy atom. The minimum Gasteiger partial charge on any atom is -0.489 e. The number of hydrogen-bond acceptors (Lipinski definition) is 3. The fraction of sp³-hybridized carbons (Fsp3) is 0.368. The molecule has 0 bridgehead atoms. The highest BCUT2D eigenvalue weighted by molar-refractivity contribution is 5.79. The number of aromatic nitrogens is 2. The smallest absolute Gasteiger partial charge is 0.191 e. The molecule has 1 heterocycles. The molecule has 0 radical (unpaired) electrons. The van der Waals surface area contributed by atoms with Crippen molar-refractivity contribution in [3.05, 3.63) is 60.4 Å². The molecule has 0 atom stereocenters. The molecule has 0 aliphatic heterocycles. The Kier molecular flexibility index (Phi) is 7.56. The highest BCUT2D eigenvalue weighted by atomic mass is 16.5. The number of para-hydroxylation sites is 1. The van der Waals surface area contributed by atoms with Crippen molar-refractivity contribution in [3.63, 3.8) is 0 Å². The molecule has 0 aliphatic rings. The van der Waals surface area contributed by atoms with Crippen LogP contribution in [0, 0.1) is 0 Å². The Morgan fingerprint density at radius 3 is 2.92 bits per heavy atom. The molecule has 1 aromatic heterocycles. The van der Waals surface area contributed by atoms with Crippen LogP contribution in [0.25, 0.3) is 0 Å². The lowest BCUT2D eigenvalue weighted by atomic mass is 10.2. The Hall–Kier alpha value is -2.76. The minimum absolute atomic E-state index is 0.490. The molecule has 2 aromatic rings. The summed E-state index contributed by atoms with van der Waals surface area (Å²) in [7, 11) is 1.92. The van der Waals surface area contributed by atoms with E-state index in [4.69, 9.17) is 4.74 Å². The molecule has 0 saturated heterocycles. The number of rotatable bonds is 9. The summed E-state index contributed by atoms with van der Waals surface area (Å²) in [6.45, 7) is 8.39. The SMILES string of the molecule is C=CCOc1ccccc1CN=C(NCC)NCCc1cnn(C)c1. The van der Waals surface area contributed by atoms with Crippen molar-refractivity contribution in [2.24, 2.45) is 12.0 Å². The first-order chi connectivity index (χ1) is 12.2. The molecule has 0 amide bonds. The topological polar surface area (TPSA) is 63.5 Å². The van der Waals surface area contributed by atoms with Crippen LogP contribution in [0.3, 0.4) is 0 Å². The molecule has 0 aliphatic carbocycles. The number of nitrogens with one attached hydrogen (secondary N) is 2. The molecule has 0 spiro atoms. The van der Waals surface area contributed by atoms with E-state index >= 15 is 0 Å². The monoisotopic (exact) mass is 341 g/mol. The second-order valence-electron chi connectivity index (χ2n) is 5.60. The third-order valence-corrected chi connectivity index (χ3v) is 3.55. The van der Waals surface area contributed by atoms with Crippen molar-refractivity contribution in [1.82, 2.24) is 20.4 Å². The number of nitrogens with zero attached hydrogens (tertiary/aromatic N) is 3. The van der Waals surface area contributed by atoms with Gasteiger partial charge in [-0.1, -0.05) is 30.9 Å². The zero-order valence-corrected chi connectivity index (χ0v) is 15.0. The number of guanidine groups is 1. The van der Waals surface area contributed by atoms with Crippen LogP contribution in [0.5, 0.6) is 5.75 Å². The van der Waals surface area contributed by atoms with Crippen LogP contribution in [0.2, 0.25) is 0 Å². The van der Waals surface area contributed by atoms with Gasteiger partial charge >= 0.3 is 0 Å². The van der Waals surface area contributed by atoms with E-state index in [0.29, 0.717) is 13.2 Å². The van der Waals surface area contributed by atoms with E-state index in [0.717, 1.165) is 36.8 Å². The van der Waals surface area contributed by atoms with Gasteiger partial charge in [-0.3, -0.25) is 4.68 Å². The number of hydrogen-bond donors (Lipinski definition) is 2. The lowest BCUT2D eigenvalue weighted by molar-refractivity contribution is 0.359. The second-order valence-corrected chi connectivity index (χ2v) is 5.60. The first kappa shape index (κ1) is 18.6. The van der Waals surface area contributed by atoms with Gasteiger partial charge < -0.3 is 15.4 Å². The van der Waals surface area contributed by atoms with Gasteiger partial charge in [0, 0.05) is 31.9 Å². The molecular weight excluding hydrogens is 314 g/mol. The molecule has 0 saturated carbocycles. The Morgan fingerprint density at radius 1 is 1.36 bits per heavy atom. The summed E-state index contributed by atoms with van der Waals surface area (Å²) in [6, 6.07) is 7.94. The van der Waals surface area contributed by atoms with Gasteiger partial charge in [0.05, 0.1) is 12.7 Å². The van der Waals surface area contributed by atoms with Crippen molar-refractivity contribution in [1.29, 1.82) is 0 Å². The first-order valence-corrected chi connectivity index (χ1v) is 8.54. The zero-order chi connectivity index (χ0) is 17.9. The normalized spacial score (nSPS) is 11.2. The second kappa shape index (κ2) is 10.2. The summed E-state index contributed by atoms with van der Waals surface area (Å²) >= 11 is 0. The van der Waals surface area contributed by atoms with E-state index in [1.807, 2.05) is 48.4 Å². The summed E-state index contributed by atoms with van der Waals surface area (Å²) in [5.74, 6) is 1.64. The molecule has 2 rings (SSSR count). The molecule has 134 valence electrons. The van der Waals surface area contributed by atoms with E-state index in [1.165, 1.54) is 5.56 Å². The van der Waals surface area contributed by atoms with E-state index in [2.05, 4.69) is 34.2 Å². The van der Waals surface area contributed by atoms with Crippen LogP contribution in [0.1, 0.15) is 18.1 Å². The average Bonchev–Trinajstić information content (AvgIpc) is 3.03. The quantitative estimate of drug-likeness (QED) is 0.417. The van der Waals surface area contributed by atoms with E-state index in [1.54, 1.807) is 6.08 Å². The third kappa shape index (κ3) is 6.33. The molecular formula is C19H27N5O. The predicted octanol–water partition coefficient (Wildman–Crippen LogP) is 2.28. The Labute approximate surface area is 149 Å². The average molecular weight is 341 g/mol. The maximum Gasteiger partial charge on any atom is 0.191 e. The fourth-order valence-corrected chi connectivity index (χ4v) is 2.36. The van der Waals surface area contributed by atoms with Crippen LogP contribution in [-0.2, 0) is 20.0 Å². The zero-order valence-electron chi connectivity index (χ0n) is 15.0. The van der Waals surface area contributed by atoms with Crippen LogP contribution in [0.15, 0.2) is 54.3 Å². The molecule has 25 heavy (non-hydrogen) atoms. The maximum absolute atomic E-state index is 5.68. The van der Waals surface area contributed by atoms with Gasteiger partial charge in [-0.15, -0.1) is 0 Å². The highest BCUT2D eigenvalue weighted by Crippen LogP contribution is 2.18. The molecule has 6 nitrogen and oxygen atoms in total. The summed E-state index contributed by atoms with van der Waals surface area (Å²) in [5.41, 5.74) is 2.25. The Balaban J connectivity index is 1.93. The van der Waals surface area contributed by atoms with Crippen molar-refractivity contribution >= 4 is 5.96 Å². The molecule has 2 N–H and O–H groups in total. The van der Waals surface area contributed by atoms with Crippen LogP contribution < -0.4 is 15.4 Å². The van der Waals surface area contributed by atoms with Gasteiger partial charge in [-0.25, -0.2) is 4.99 Å². The largest absolute Gasteiger partial charge is 0.489 e. The van der Waals surface area contributed by atoms with Crippen LogP contribution >= 0.6 is 0 Å². The van der Waals surface area contributed by atoms with Gasteiger partial charge in [0.25, 0.3) is 0 Å². The van der Waals surface area contributed by atoms with Gasteiger partial charge in [0.2, 0.25) is 0 Å². The van der Waals surface area contributed by atoms with E-state index in [9.17, 15) is 0 Å². The van der Waals surface area contributed by atoms with Crippen molar-refractivity contribution in [2.45, 2.75) is 19.9 Å². The summed E-state index contributed by atoms with van der Waals surface area (Å²) in [5, 5.41) is 10.8. The van der Waals surface area contributed by atoms with Crippen molar-refractivity contribution in [2.75, 3.05) is 19.7 Å². The molecule has 1 aromatic carbocycles. The predicted molar refractivity (Wildman–Crippen MR) is 102 cm³/mol. The summed E-state index contributed by atoms with van der Waals surface area (Å²) in [4.78, 5) is 4.66. The Bertz CT molecular complexity index is 693. The number of benzene rings is 1. The van der Waals surface area contributed by atoms with Gasteiger partial charge in [-0.05, 0) is 25.0 Å². The first-order valence-electron chi connectivity index (χ1n) is 8.54. The number of aliphatic imine (C=N–C) groups is 1. The summed E-state index contributed by atoms with van der Waals surface area (Å²) in [6.07, 6.45) is 6.55. The molecule has 0 unspecified atom stereocenters. The highest BCUT2D eigenvalue weighted by Gasteiger charge is 2.03. The lowest BCUT2D eigenvalue weighted by Crippen LogP contribution is -2.38. The van der Waals surface area contributed by atoms with Crippen molar-refractivity contribution in [3.8, 4) is 5.75 Å². The van der Waals surface area contributed by atoms with Gasteiger partial charge in [0.1, 0.15) is 12.4 Å². The third-order valence-electron chi connectivity index (χ3n) is 3.55. The van der Waals surface area contributed by atoms with Gasteiger partial charge in [0.15, 0.2) is 5.96 Å². The molecule has 0 fully saturated rings. The van der Waals surface area contributed by atoms with Crippen molar-refractivity contribution < 1.29 is 4.74 Å². The summed E-state index contributed by atoms with van der Waals surface area (Å²) < 4.78 is 7.50. The maximum atomic E-state index is 5.68. The standard InChI is InChI=1S/C19H27N5O/c1-4-12-25-18-9-7-6-8-17(18)14-22-19(20-5-2)21-11-10-16-13-23-24(3)15-16/h4,6-9,13,15H,1,5,10-12,14H2,2-3H3,(H2,20,21,22). The van der Waals surface area contributed by atoms with E-state index in [-0.39, 0.29) is 0 Å². The van der Waals surface area contributed by atoms with E-state index < -0.39 is 0 Å². The van der Waals surface area contributed by atoms with Crippen LogP contribution in [0.4, 0.5) is 0 Å². The van der Waals surface area contributed by atoms with Crippen LogP contribution in [-0.4, -0.2) is 35.4 Å².